The summed E-state index contributed by atoms with van der Waals surface area (Å²) in [5.74, 6) is -0.184. The molecule has 2 unspecified atom stereocenters. The van der Waals surface area contributed by atoms with E-state index in [9.17, 15) is 21.6 Å². The highest BCUT2D eigenvalue weighted by atomic mass is 32.2. The second-order valence-electron chi connectivity index (χ2n) is 7.94. The first-order valence-electron chi connectivity index (χ1n) is 9.85. The second kappa shape index (κ2) is 7.46. The van der Waals surface area contributed by atoms with Gasteiger partial charge in [0.05, 0.1) is 11.4 Å². The predicted molar refractivity (Wildman–Crippen MR) is 117 cm³/mol. The molecule has 5 nitrogen and oxygen atoms in total. The molecular formula is C21H20F3N3O2S2. The van der Waals surface area contributed by atoms with Crippen LogP contribution < -0.4 is 4.72 Å². The number of rotatable bonds is 4. The number of halogens is 3. The van der Waals surface area contributed by atoms with Crippen LogP contribution in [0.4, 0.5) is 18.9 Å². The number of H-pyrrole nitrogens is 1. The molecule has 31 heavy (non-hydrogen) atoms. The number of aromatic amines is 1. The first-order valence-corrected chi connectivity index (χ1v) is 12.3. The highest BCUT2D eigenvalue weighted by molar-refractivity contribution is 8.05. The van der Waals surface area contributed by atoms with Crippen LogP contribution in [0.1, 0.15) is 11.3 Å². The Bertz CT molecular complexity index is 1230. The average Bonchev–Trinajstić information content (AvgIpc) is 3.27. The van der Waals surface area contributed by atoms with Crippen molar-refractivity contribution in [3.05, 3.63) is 64.1 Å². The molecule has 2 N–H and O–H groups in total. The molecule has 3 aliphatic rings. The third-order valence-electron chi connectivity index (χ3n) is 5.77. The van der Waals surface area contributed by atoms with Crippen molar-refractivity contribution < 1.29 is 21.6 Å². The Morgan fingerprint density at radius 3 is 2.84 bits per heavy atom. The number of nitrogens with one attached hydrogen (secondary N) is 2. The summed E-state index contributed by atoms with van der Waals surface area (Å²) >= 11 is 1.49. The number of benzene rings is 1. The molecule has 2 aliphatic heterocycles. The lowest BCUT2D eigenvalue weighted by atomic mass is 10.0. The van der Waals surface area contributed by atoms with Crippen LogP contribution in [0, 0.1) is 5.92 Å². The number of hydrogen-bond donors (Lipinski definition) is 2. The standard InChI is InChI=1S/C21H20F3N3O2S2/c22-21(23,24)12-27-8-7-14-16-9-13(5-6-17(16)25-18(14)10-27)26-31(28,29)20-11-30-19-4-2-1-3-15(19)20/h1-6,9,11,15,19,25-26H,7-8,10,12H2. The highest BCUT2D eigenvalue weighted by Crippen LogP contribution is 2.42. The number of aromatic nitrogens is 1. The minimum atomic E-state index is -4.23. The van der Waals surface area contributed by atoms with Crippen LogP contribution in [-0.4, -0.2) is 42.8 Å². The van der Waals surface area contributed by atoms with Crippen molar-refractivity contribution in [3.8, 4) is 0 Å². The van der Waals surface area contributed by atoms with Crippen LogP contribution in [0.25, 0.3) is 10.9 Å². The number of nitrogens with zero attached hydrogens (tertiary/aromatic N) is 1. The van der Waals surface area contributed by atoms with E-state index >= 15 is 0 Å². The summed E-state index contributed by atoms with van der Waals surface area (Å²) in [4.78, 5) is 4.91. The van der Waals surface area contributed by atoms with Crippen molar-refractivity contribution in [3.63, 3.8) is 0 Å². The van der Waals surface area contributed by atoms with Gasteiger partial charge in [-0.1, -0.05) is 24.3 Å². The summed E-state index contributed by atoms with van der Waals surface area (Å²) in [5, 5.41) is 2.63. The first kappa shape index (κ1) is 20.7. The number of hydrogen-bond acceptors (Lipinski definition) is 4. The van der Waals surface area contributed by atoms with Crippen LogP contribution in [0.15, 0.2) is 52.8 Å². The SMILES string of the molecule is O=S(=O)(Nc1ccc2[nH]c3c(c2c1)CCN(CC(F)(F)F)C3)C1=CSC2C=CC=CC12. The Morgan fingerprint density at radius 2 is 2.03 bits per heavy atom. The fraction of sp³-hybridized carbons (Fsp3) is 0.333. The topological polar surface area (TPSA) is 65.2 Å². The number of fused-ring (bicyclic) bond motifs is 4. The number of sulfonamides is 1. The molecular weight excluding hydrogens is 447 g/mol. The lowest BCUT2D eigenvalue weighted by Crippen LogP contribution is -2.37. The molecule has 0 amide bonds. The third kappa shape index (κ3) is 4.04. The molecule has 0 spiro atoms. The Hall–Kier alpha value is -2.17. The number of thioether (sulfide) groups is 1. The number of anilines is 1. The quantitative estimate of drug-likeness (QED) is 0.694. The van der Waals surface area contributed by atoms with Crippen molar-refractivity contribution in [2.45, 2.75) is 24.4 Å². The summed E-state index contributed by atoms with van der Waals surface area (Å²) in [5.41, 5.74) is 2.93. The van der Waals surface area contributed by atoms with Gasteiger partial charge in [0.1, 0.15) is 0 Å². The van der Waals surface area contributed by atoms with Gasteiger partial charge in [0.2, 0.25) is 0 Å². The molecule has 0 fully saturated rings. The maximum Gasteiger partial charge on any atom is 0.401 e. The first-order chi connectivity index (χ1) is 14.7. The molecule has 2 atom stereocenters. The molecule has 0 saturated heterocycles. The van der Waals surface area contributed by atoms with Gasteiger partial charge in [-0.05, 0) is 35.6 Å². The van der Waals surface area contributed by atoms with E-state index in [-0.39, 0.29) is 17.7 Å². The molecule has 0 radical (unpaired) electrons. The van der Waals surface area contributed by atoms with Gasteiger partial charge in [0.15, 0.2) is 0 Å². The second-order valence-corrected chi connectivity index (χ2v) is 10.7. The normalized spacial score (nSPS) is 23.6. The van der Waals surface area contributed by atoms with E-state index in [1.807, 2.05) is 24.3 Å². The van der Waals surface area contributed by atoms with Crippen LogP contribution >= 0.6 is 11.8 Å². The molecule has 1 aromatic carbocycles. The van der Waals surface area contributed by atoms with Gasteiger partial charge >= 0.3 is 6.18 Å². The van der Waals surface area contributed by atoms with Gasteiger partial charge in [-0.15, -0.1) is 11.8 Å². The fourth-order valence-corrected chi connectivity index (χ4v) is 7.34. The molecule has 10 heteroatoms. The Labute approximate surface area is 182 Å². The molecule has 0 bridgehead atoms. The molecule has 0 saturated carbocycles. The van der Waals surface area contributed by atoms with Gasteiger partial charge in [0, 0.05) is 46.5 Å². The minimum Gasteiger partial charge on any atom is -0.357 e. The van der Waals surface area contributed by atoms with Gasteiger partial charge in [-0.25, -0.2) is 8.42 Å². The van der Waals surface area contributed by atoms with E-state index < -0.39 is 22.7 Å². The Balaban J connectivity index is 1.39. The molecule has 2 aromatic rings. The number of allylic oxidation sites excluding steroid dienone is 4. The van der Waals surface area contributed by atoms with Gasteiger partial charge in [-0.3, -0.25) is 9.62 Å². The molecule has 3 heterocycles. The largest absolute Gasteiger partial charge is 0.401 e. The van der Waals surface area contributed by atoms with Gasteiger partial charge in [0.25, 0.3) is 10.0 Å². The molecule has 164 valence electrons. The van der Waals surface area contributed by atoms with Crippen molar-refractivity contribution in [1.29, 1.82) is 0 Å². The fourth-order valence-electron chi connectivity index (χ4n) is 4.40. The zero-order chi connectivity index (χ0) is 21.8. The lowest BCUT2D eigenvalue weighted by Gasteiger charge is -2.27. The van der Waals surface area contributed by atoms with Crippen molar-refractivity contribution >= 4 is 38.4 Å². The van der Waals surface area contributed by atoms with E-state index in [1.165, 1.54) is 16.7 Å². The number of alkyl halides is 3. The third-order valence-corrected chi connectivity index (χ3v) is 8.59. The zero-order valence-electron chi connectivity index (χ0n) is 16.3. The maximum absolute atomic E-state index is 13.0. The van der Waals surface area contributed by atoms with E-state index in [0.29, 0.717) is 23.6 Å². The molecule has 1 aliphatic carbocycles. The van der Waals surface area contributed by atoms with Crippen LogP contribution in [-0.2, 0) is 23.0 Å². The van der Waals surface area contributed by atoms with Crippen LogP contribution in [0.5, 0.6) is 0 Å². The molecule has 5 rings (SSSR count). The Kier molecular flexibility index (Phi) is 4.98. The lowest BCUT2D eigenvalue weighted by molar-refractivity contribution is -0.147. The zero-order valence-corrected chi connectivity index (χ0v) is 17.9. The van der Waals surface area contributed by atoms with Crippen molar-refractivity contribution in [1.82, 2.24) is 9.88 Å². The minimum absolute atomic E-state index is 0.0930. The van der Waals surface area contributed by atoms with Crippen molar-refractivity contribution in [2.75, 3.05) is 17.8 Å². The van der Waals surface area contributed by atoms with Crippen LogP contribution in [0.3, 0.4) is 0 Å². The monoisotopic (exact) mass is 467 g/mol. The Morgan fingerprint density at radius 1 is 1.23 bits per heavy atom. The summed E-state index contributed by atoms with van der Waals surface area (Å²) < 4.78 is 66.9. The highest BCUT2D eigenvalue weighted by Gasteiger charge is 2.36. The maximum atomic E-state index is 13.0. The summed E-state index contributed by atoms with van der Waals surface area (Å²) in [6, 6.07) is 5.20. The average molecular weight is 468 g/mol. The smallest absolute Gasteiger partial charge is 0.357 e. The van der Waals surface area contributed by atoms with E-state index in [2.05, 4.69) is 9.71 Å². The summed E-state index contributed by atoms with van der Waals surface area (Å²) in [7, 11) is -3.72. The van der Waals surface area contributed by atoms with Crippen LogP contribution in [0.2, 0.25) is 0 Å². The van der Waals surface area contributed by atoms with E-state index in [0.717, 1.165) is 22.2 Å². The summed E-state index contributed by atoms with van der Waals surface area (Å²) in [6.07, 6.45) is 3.91. The summed E-state index contributed by atoms with van der Waals surface area (Å²) in [6.45, 7) is -0.439. The molecule has 1 aromatic heterocycles. The van der Waals surface area contributed by atoms with E-state index in [4.69, 9.17) is 0 Å². The van der Waals surface area contributed by atoms with E-state index in [1.54, 1.807) is 23.6 Å². The predicted octanol–water partition coefficient (Wildman–Crippen LogP) is 4.53. The van der Waals surface area contributed by atoms with Gasteiger partial charge < -0.3 is 4.98 Å². The van der Waals surface area contributed by atoms with Crippen molar-refractivity contribution in [2.24, 2.45) is 5.92 Å². The van der Waals surface area contributed by atoms with Gasteiger partial charge in [-0.2, -0.15) is 13.2 Å².